The normalized spacial score (nSPS) is 40.0. The summed E-state index contributed by atoms with van der Waals surface area (Å²) in [6.45, 7) is 12.9. The molecule has 0 bridgehead atoms. The molecule has 0 heterocycles. The number of carbonyl (C=O) groups excluding carboxylic acids is 1. The van der Waals surface area contributed by atoms with Gasteiger partial charge in [-0.3, -0.25) is 9.59 Å². The quantitative estimate of drug-likeness (QED) is 0.280. The fourth-order valence-corrected chi connectivity index (χ4v) is 9.98. The van der Waals surface area contributed by atoms with Crippen LogP contribution in [0.15, 0.2) is 30.3 Å². The van der Waals surface area contributed by atoms with Gasteiger partial charge < -0.3 is 14.9 Å². The molecule has 0 saturated heterocycles. The molecule has 42 heavy (non-hydrogen) atoms. The SMILES string of the molecule is C[C@H](CCC(=O)O)[C@H]1CC[C@H]2[C@@H]3[C@H](OC(=O)C(C)(C)C)C[C@@H]4C[C@](O)(C#Cc5ccccc5)CC[C@]4(C)[C@H]3CC[C@]12C. The molecule has 4 aliphatic rings. The van der Waals surface area contributed by atoms with Crippen LogP contribution in [-0.2, 0) is 14.3 Å². The molecular formula is C37H52O5. The summed E-state index contributed by atoms with van der Waals surface area (Å²) in [4.78, 5) is 24.7. The molecule has 4 saturated carbocycles. The maximum Gasteiger partial charge on any atom is 0.311 e. The molecule has 0 aromatic heterocycles. The van der Waals surface area contributed by atoms with Crippen LogP contribution in [0.4, 0.5) is 0 Å². The van der Waals surface area contributed by atoms with Gasteiger partial charge in [0.15, 0.2) is 0 Å². The second-order valence-electron chi connectivity index (χ2n) is 15.9. The van der Waals surface area contributed by atoms with Crippen LogP contribution >= 0.6 is 0 Å². The van der Waals surface area contributed by atoms with E-state index in [4.69, 9.17) is 4.74 Å². The predicted molar refractivity (Wildman–Crippen MR) is 164 cm³/mol. The molecule has 0 radical (unpaired) electrons. The van der Waals surface area contributed by atoms with Gasteiger partial charge >= 0.3 is 11.9 Å². The largest absolute Gasteiger partial charge is 0.481 e. The van der Waals surface area contributed by atoms with Crippen molar-refractivity contribution in [2.24, 2.45) is 51.8 Å². The van der Waals surface area contributed by atoms with E-state index in [2.05, 4.69) is 32.6 Å². The van der Waals surface area contributed by atoms with Crippen molar-refractivity contribution in [3.05, 3.63) is 35.9 Å². The Balaban J connectivity index is 1.44. The van der Waals surface area contributed by atoms with Gasteiger partial charge in [0, 0.05) is 17.9 Å². The molecule has 0 amide bonds. The van der Waals surface area contributed by atoms with Crippen molar-refractivity contribution in [2.45, 2.75) is 117 Å². The first-order valence-corrected chi connectivity index (χ1v) is 16.4. The molecule has 2 N–H and O–H groups in total. The fraction of sp³-hybridized carbons (Fsp3) is 0.730. The molecule has 0 spiro atoms. The van der Waals surface area contributed by atoms with E-state index in [1.165, 1.54) is 0 Å². The molecule has 4 aliphatic carbocycles. The maximum absolute atomic E-state index is 13.4. The van der Waals surface area contributed by atoms with Crippen LogP contribution in [-0.4, -0.2) is 33.9 Å². The van der Waals surface area contributed by atoms with Gasteiger partial charge in [0.2, 0.25) is 0 Å². The van der Waals surface area contributed by atoms with E-state index in [0.717, 1.165) is 50.5 Å². The smallest absolute Gasteiger partial charge is 0.311 e. The molecule has 1 aromatic carbocycles. The first-order valence-electron chi connectivity index (χ1n) is 16.4. The number of hydrogen-bond donors (Lipinski definition) is 2. The topological polar surface area (TPSA) is 83.8 Å². The Labute approximate surface area is 253 Å². The van der Waals surface area contributed by atoms with Gasteiger partial charge in [0.1, 0.15) is 11.7 Å². The summed E-state index contributed by atoms with van der Waals surface area (Å²) in [5, 5.41) is 21.1. The third-order valence-corrected chi connectivity index (χ3v) is 12.4. The van der Waals surface area contributed by atoms with Gasteiger partial charge in [-0.25, -0.2) is 0 Å². The monoisotopic (exact) mass is 576 g/mol. The number of ether oxygens (including phenoxy) is 1. The minimum absolute atomic E-state index is 0.0737. The van der Waals surface area contributed by atoms with Gasteiger partial charge in [0.05, 0.1) is 5.41 Å². The average Bonchev–Trinajstić information content (AvgIpc) is 3.29. The van der Waals surface area contributed by atoms with E-state index < -0.39 is 17.0 Å². The molecule has 4 fully saturated rings. The summed E-state index contributed by atoms with van der Waals surface area (Å²) in [6.07, 6.45) is 8.28. The fourth-order valence-electron chi connectivity index (χ4n) is 9.98. The lowest BCUT2D eigenvalue weighted by atomic mass is 9.43. The summed E-state index contributed by atoms with van der Waals surface area (Å²) in [5.74, 6) is 7.92. The lowest BCUT2D eigenvalue weighted by Gasteiger charge is -2.63. The van der Waals surface area contributed by atoms with E-state index in [0.29, 0.717) is 42.4 Å². The Kier molecular flexibility index (Phi) is 8.38. The molecule has 10 atom stereocenters. The first kappa shape index (κ1) is 31.1. The molecule has 5 heteroatoms. The van der Waals surface area contributed by atoms with Crippen molar-refractivity contribution in [1.82, 2.24) is 0 Å². The second-order valence-corrected chi connectivity index (χ2v) is 15.9. The summed E-state index contributed by atoms with van der Waals surface area (Å²) in [5.41, 5.74) is -0.492. The predicted octanol–water partition coefficient (Wildman–Crippen LogP) is 7.50. The minimum Gasteiger partial charge on any atom is -0.481 e. The highest BCUT2D eigenvalue weighted by molar-refractivity contribution is 5.75. The lowest BCUT2D eigenvalue weighted by molar-refractivity contribution is -0.204. The van der Waals surface area contributed by atoms with Crippen LogP contribution in [0.25, 0.3) is 0 Å². The number of carbonyl (C=O) groups is 2. The summed E-state index contributed by atoms with van der Waals surface area (Å²) in [7, 11) is 0. The number of aliphatic hydroxyl groups is 1. The van der Waals surface area contributed by atoms with Gasteiger partial charge in [-0.05, 0) is 131 Å². The Bertz CT molecular complexity index is 1220. The van der Waals surface area contributed by atoms with Gasteiger partial charge in [-0.2, -0.15) is 0 Å². The molecule has 0 aliphatic heterocycles. The van der Waals surface area contributed by atoms with Crippen LogP contribution in [0, 0.1) is 63.6 Å². The summed E-state index contributed by atoms with van der Waals surface area (Å²) >= 11 is 0. The molecule has 1 aromatic rings. The zero-order valence-electron chi connectivity index (χ0n) is 26.6. The van der Waals surface area contributed by atoms with E-state index in [1.807, 2.05) is 51.1 Å². The molecular weight excluding hydrogens is 524 g/mol. The van der Waals surface area contributed by atoms with Crippen molar-refractivity contribution in [3.8, 4) is 11.8 Å². The third kappa shape index (κ3) is 5.78. The molecule has 5 nitrogen and oxygen atoms in total. The van der Waals surface area contributed by atoms with E-state index in [-0.39, 0.29) is 35.2 Å². The number of aliphatic carboxylic acids is 1. The second kappa shape index (κ2) is 11.3. The van der Waals surface area contributed by atoms with E-state index in [1.54, 1.807) is 0 Å². The zero-order chi connectivity index (χ0) is 30.5. The van der Waals surface area contributed by atoms with Crippen molar-refractivity contribution in [1.29, 1.82) is 0 Å². The number of esters is 1. The molecule has 5 rings (SSSR count). The zero-order valence-corrected chi connectivity index (χ0v) is 26.6. The van der Waals surface area contributed by atoms with Crippen LogP contribution in [0.5, 0.6) is 0 Å². The van der Waals surface area contributed by atoms with E-state index in [9.17, 15) is 19.8 Å². The first-order chi connectivity index (χ1) is 19.7. The number of rotatable bonds is 5. The standard InChI is InChI=1S/C37H52O5/c1-24(12-15-31(38)39)27-13-14-28-32-29(17-18-36(27,28)6)35(5)20-21-37(41,19-16-25-10-8-7-9-11-25)23-26(35)22-30(32)42-33(40)34(2,3)4/h7-11,24,26-30,32,41H,12-15,17-18,20-23H2,1-6H3,(H,38,39)/t24-,26-,27-,28+,29+,30-,32+,35+,36-,37+/m1/s1. The van der Waals surface area contributed by atoms with Crippen molar-refractivity contribution >= 4 is 11.9 Å². The minimum atomic E-state index is -1.04. The van der Waals surface area contributed by atoms with Crippen molar-refractivity contribution in [3.63, 3.8) is 0 Å². The average molecular weight is 577 g/mol. The third-order valence-electron chi connectivity index (χ3n) is 12.4. The van der Waals surface area contributed by atoms with Gasteiger partial charge in [0.25, 0.3) is 0 Å². The van der Waals surface area contributed by atoms with Crippen LogP contribution < -0.4 is 0 Å². The number of carboxylic acid groups (broad SMARTS) is 1. The van der Waals surface area contributed by atoms with Gasteiger partial charge in [-0.1, -0.05) is 50.8 Å². The van der Waals surface area contributed by atoms with Crippen LogP contribution in [0.2, 0.25) is 0 Å². The van der Waals surface area contributed by atoms with Crippen LogP contribution in [0.3, 0.4) is 0 Å². The van der Waals surface area contributed by atoms with Gasteiger partial charge in [-0.15, -0.1) is 0 Å². The Morgan fingerprint density at radius 3 is 2.38 bits per heavy atom. The number of carboxylic acids is 1. The maximum atomic E-state index is 13.4. The van der Waals surface area contributed by atoms with E-state index >= 15 is 0 Å². The molecule has 0 unspecified atom stereocenters. The van der Waals surface area contributed by atoms with Crippen molar-refractivity contribution in [2.75, 3.05) is 0 Å². The Hall–Kier alpha value is -2.32. The highest BCUT2D eigenvalue weighted by Crippen LogP contribution is 2.69. The summed E-state index contributed by atoms with van der Waals surface area (Å²) in [6, 6.07) is 9.87. The summed E-state index contributed by atoms with van der Waals surface area (Å²) < 4.78 is 6.51. The Morgan fingerprint density at radius 1 is 1.02 bits per heavy atom. The van der Waals surface area contributed by atoms with Crippen molar-refractivity contribution < 1.29 is 24.5 Å². The number of hydrogen-bond acceptors (Lipinski definition) is 4. The number of fused-ring (bicyclic) bond motifs is 5. The Morgan fingerprint density at radius 2 is 1.71 bits per heavy atom. The molecule has 230 valence electrons. The lowest BCUT2D eigenvalue weighted by Crippen LogP contribution is -2.60. The highest BCUT2D eigenvalue weighted by atomic mass is 16.5. The highest BCUT2D eigenvalue weighted by Gasteiger charge is 2.64. The number of benzene rings is 1. The van der Waals surface area contributed by atoms with Crippen LogP contribution in [0.1, 0.15) is 111 Å².